The Labute approximate surface area is 82.3 Å². The molecule has 0 aromatic carbocycles. The normalized spacial score (nSPS) is 22.2. The van der Waals surface area contributed by atoms with E-state index in [1.165, 1.54) is 25.9 Å². The molecule has 0 saturated carbocycles. The molecule has 2 heteroatoms. The second-order valence-electron chi connectivity index (χ2n) is 5.06. The Kier molecular flexibility index (Phi) is 3.74. The summed E-state index contributed by atoms with van der Waals surface area (Å²) in [6.07, 6.45) is 2.59. The molecule has 1 fully saturated rings. The van der Waals surface area contributed by atoms with Crippen LogP contribution >= 0.6 is 0 Å². The summed E-state index contributed by atoms with van der Waals surface area (Å²) >= 11 is 0. The van der Waals surface area contributed by atoms with E-state index < -0.39 is 0 Å². The number of methoxy groups -OCH3 is 1. The standard InChI is InChI=1S/C11H23NO/c1-11(2,3)12-7-5-10(6-8-12)9-13-4/h10H,5-9H2,1-4H3. The molecule has 0 spiro atoms. The number of rotatable bonds is 2. The fourth-order valence-corrected chi connectivity index (χ4v) is 2.01. The highest BCUT2D eigenvalue weighted by molar-refractivity contribution is 4.81. The van der Waals surface area contributed by atoms with Crippen LogP contribution in [-0.2, 0) is 4.74 Å². The monoisotopic (exact) mass is 185 g/mol. The molecular formula is C11H23NO. The Bertz CT molecular complexity index is 143. The topological polar surface area (TPSA) is 12.5 Å². The summed E-state index contributed by atoms with van der Waals surface area (Å²) in [6.45, 7) is 10.3. The molecule has 0 radical (unpaired) electrons. The molecule has 0 aromatic heterocycles. The molecule has 1 saturated heterocycles. The minimum Gasteiger partial charge on any atom is -0.384 e. The van der Waals surface area contributed by atoms with E-state index in [4.69, 9.17) is 4.74 Å². The first kappa shape index (κ1) is 11.0. The van der Waals surface area contributed by atoms with E-state index >= 15 is 0 Å². The zero-order valence-electron chi connectivity index (χ0n) is 9.47. The van der Waals surface area contributed by atoms with E-state index in [-0.39, 0.29) is 0 Å². The lowest BCUT2D eigenvalue weighted by molar-refractivity contribution is 0.0555. The number of piperidine rings is 1. The van der Waals surface area contributed by atoms with Crippen LogP contribution in [0.5, 0.6) is 0 Å². The number of hydrogen-bond donors (Lipinski definition) is 0. The fraction of sp³-hybridized carbons (Fsp3) is 1.00. The second-order valence-corrected chi connectivity index (χ2v) is 5.06. The van der Waals surface area contributed by atoms with Gasteiger partial charge < -0.3 is 4.74 Å². The first-order valence-electron chi connectivity index (χ1n) is 5.28. The zero-order chi connectivity index (χ0) is 9.90. The van der Waals surface area contributed by atoms with Gasteiger partial charge in [-0.15, -0.1) is 0 Å². The molecule has 1 heterocycles. The Morgan fingerprint density at radius 1 is 1.23 bits per heavy atom. The summed E-state index contributed by atoms with van der Waals surface area (Å²) in [4.78, 5) is 2.57. The lowest BCUT2D eigenvalue weighted by Crippen LogP contribution is -2.46. The van der Waals surface area contributed by atoms with Crippen molar-refractivity contribution >= 4 is 0 Å². The van der Waals surface area contributed by atoms with Crippen LogP contribution in [0.4, 0.5) is 0 Å². The Hall–Kier alpha value is -0.0800. The highest BCUT2D eigenvalue weighted by Gasteiger charge is 2.26. The van der Waals surface area contributed by atoms with Crippen LogP contribution in [0.2, 0.25) is 0 Å². The molecule has 0 bridgehead atoms. The molecular weight excluding hydrogens is 162 g/mol. The molecule has 78 valence electrons. The first-order valence-corrected chi connectivity index (χ1v) is 5.28. The third-order valence-electron chi connectivity index (χ3n) is 2.97. The third kappa shape index (κ3) is 3.28. The van der Waals surface area contributed by atoms with Gasteiger partial charge in [-0.25, -0.2) is 0 Å². The summed E-state index contributed by atoms with van der Waals surface area (Å²) in [6, 6.07) is 0. The van der Waals surface area contributed by atoms with Crippen molar-refractivity contribution in [1.29, 1.82) is 0 Å². The maximum Gasteiger partial charge on any atom is 0.0491 e. The quantitative estimate of drug-likeness (QED) is 0.653. The molecule has 1 rings (SSSR count). The molecule has 1 aliphatic heterocycles. The van der Waals surface area contributed by atoms with Crippen LogP contribution in [0.25, 0.3) is 0 Å². The van der Waals surface area contributed by atoms with Crippen molar-refractivity contribution < 1.29 is 4.74 Å². The van der Waals surface area contributed by atoms with Gasteiger partial charge in [-0.3, -0.25) is 4.90 Å². The molecule has 0 unspecified atom stereocenters. The van der Waals surface area contributed by atoms with Crippen molar-refractivity contribution in [2.24, 2.45) is 5.92 Å². The van der Waals surface area contributed by atoms with E-state index in [0.29, 0.717) is 5.54 Å². The van der Waals surface area contributed by atoms with Gasteiger partial charge in [-0.1, -0.05) is 0 Å². The van der Waals surface area contributed by atoms with Gasteiger partial charge >= 0.3 is 0 Å². The van der Waals surface area contributed by atoms with E-state index in [1.54, 1.807) is 7.11 Å². The first-order chi connectivity index (χ1) is 6.04. The number of nitrogens with zero attached hydrogens (tertiary/aromatic N) is 1. The van der Waals surface area contributed by atoms with Gasteiger partial charge in [0.25, 0.3) is 0 Å². The van der Waals surface area contributed by atoms with E-state index in [0.717, 1.165) is 12.5 Å². The number of hydrogen-bond acceptors (Lipinski definition) is 2. The Morgan fingerprint density at radius 2 is 1.77 bits per heavy atom. The maximum atomic E-state index is 5.18. The molecule has 0 N–H and O–H groups in total. The molecule has 2 nitrogen and oxygen atoms in total. The summed E-state index contributed by atoms with van der Waals surface area (Å²) in [7, 11) is 1.80. The molecule has 0 aliphatic carbocycles. The summed E-state index contributed by atoms with van der Waals surface area (Å²) in [5.74, 6) is 0.795. The molecule has 13 heavy (non-hydrogen) atoms. The van der Waals surface area contributed by atoms with Crippen LogP contribution in [0, 0.1) is 5.92 Å². The van der Waals surface area contributed by atoms with Crippen molar-refractivity contribution in [3.8, 4) is 0 Å². The van der Waals surface area contributed by atoms with Gasteiger partial charge in [0.2, 0.25) is 0 Å². The van der Waals surface area contributed by atoms with Gasteiger partial charge in [0.1, 0.15) is 0 Å². The molecule has 1 aliphatic rings. The van der Waals surface area contributed by atoms with E-state index in [1.807, 2.05) is 0 Å². The van der Waals surface area contributed by atoms with Crippen molar-refractivity contribution in [3.63, 3.8) is 0 Å². The predicted octanol–water partition coefficient (Wildman–Crippen LogP) is 2.14. The van der Waals surface area contributed by atoms with Gasteiger partial charge in [-0.2, -0.15) is 0 Å². The highest BCUT2D eigenvalue weighted by atomic mass is 16.5. The fourth-order valence-electron chi connectivity index (χ4n) is 2.01. The van der Waals surface area contributed by atoms with Gasteiger partial charge in [0, 0.05) is 19.3 Å². The predicted molar refractivity (Wildman–Crippen MR) is 55.9 cm³/mol. The Balaban J connectivity index is 2.30. The van der Waals surface area contributed by atoms with Crippen LogP contribution in [0.3, 0.4) is 0 Å². The van der Waals surface area contributed by atoms with Crippen molar-refractivity contribution in [1.82, 2.24) is 4.90 Å². The summed E-state index contributed by atoms with van der Waals surface area (Å²) in [5.41, 5.74) is 0.345. The minimum atomic E-state index is 0.345. The van der Waals surface area contributed by atoms with Crippen LogP contribution < -0.4 is 0 Å². The van der Waals surface area contributed by atoms with Crippen molar-refractivity contribution in [2.75, 3.05) is 26.8 Å². The maximum absolute atomic E-state index is 5.18. The average molecular weight is 185 g/mol. The summed E-state index contributed by atoms with van der Waals surface area (Å²) in [5, 5.41) is 0. The van der Waals surface area contributed by atoms with Gasteiger partial charge in [0.05, 0.1) is 0 Å². The molecule has 0 amide bonds. The van der Waals surface area contributed by atoms with Crippen LogP contribution in [0.1, 0.15) is 33.6 Å². The van der Waals surface area contributed by atoms with Gasteiger partial charge in [-0.05, 0) is 52.6 Å². The smallest absolute Gasteiger partial charge is 0.0491 e. The van der Waals surface area contributed by atoms with Crippen LogP contribution in [-0.4, -0.2) is 37.2 Å². The summed E-state index contributed by atoms with van der Waals surface area (Å²) < 4.78 is 5.18. The minimum absolute atomic E-state index is 0.345. The largest absolute Gasteiger partial charge is 0.384 e. The molecule has 0 atom stereocenters. The Morgan fingerprint density at radius 3 is 2.15 bits per heavy atom. The lowest BCUT2D eigenvalue weighted by Gasteiger charge is -2.40. The zero-order valence-corrected chi connectivity index (χ0v) is 9.47. The van der Waals surface area contributed by atoms with Gasteiger partial charge in [0.15, 0.2) is 0 Å². The van der Waals surface area contributed by atoms with Crippen molar-refractivity contribution in [2.45, 2.75) is 39.2 Å². The second kappa shape index (κ2) is 4.43. The van der Waals surface area contributed by atoms with Crippen LogP contribution in [0.15, 0.2) is 0 Å². The third-order valence-corrected chi connectivity index (χ3v) is 2.97. The van der Waals surface area contributed by atoms with Crippen molar-refractivity contribution in [3.05, 3.63) is 0 Å². The highest BCUT2D eigenvalue weighted by Crippen LogP contribution is 2.23. The number of ether oxygens (including phenoxy) is 1. The number of likely N-dealkylation sites (tertiary alicyclic amines) is 1. The lowest BCUT2D eigenvalue weighted by atomic mass is 9.94. The average Bonchev–Trinajstić information content (AvgIpc) is 2.04. The van der Waals surface area contributed by atoms with E-state index in [2.05, 4.69) is 25.7 Å². The van der Waals surface area contributed by atoms with E-state index in [9.17, 15) is 0 Å². The SMILES string of the molecule is COCC1CCN(C(C)(C)C)CC1. The molecule has 0 aromatic rings.